The normalized spacial score (nSPS) is 10.6. The zero-order valence-corrected chi connectivity index (χ0v) is 14.2. The molecule has 0 fully saturated rings. The molecule has 0 bridgehead atoms. The second-order valence-electron chi connectivity index (χ2n) is 6.14. The Kier molecular flexibility index (Phi) is 4.09. The zero-order chi connectivity index (χ0) is 17.1. The van der Waals surface area contributed by atoms with Crippen LogP contribution in [0, 0.1) is 6.92 Å². The molecule has 4 aromatic rings. The fourth-order valence-corrected chi connectivity index (χ4v) is 3.09. The Morgan fingerprint density at radius 3 is 2.16 bits per heavy atom. The van der Waals surface area contributed by atoms with Crippen molar-refractivity contribution in [2.75, 3.05) is 5.32 Å². The number of nitrogens with zero attached hydrogens (tertiary/aromatic N) is 1. The van der Waals surface area contributed by atoms with Crippen molar-refractivity contribution >= 4 is 11.4 Å². The summed E-state index contributed by atoms with van der Waals surface area (Å²) < 4.78 is 2.24. The molecule has 0 unspecified atom stereocenters. The van der Waals surface area contributed by atoms with Gasteiger partial charge in [0, 0.05) is 23.1 Å². The highest BCUT2D eigenvalue weighted by Crippen LogP contribution is 2.33. The Labute approximate surface area is 148 Å². The maximum absolute atomic E-state index is 3.55. The van der Waals surface area contributed by atoms with Gasteiger partial charge in [-0.2, -0.15) is 0 Å². The molecule has 1 N–H and O–H groups in total. The number of para-hydroxylation sites is 1. The van der Waals surface area contributed by atoms with Crippen molar-refractivity contribution in [3.05, 3.63) is 103 Å². The first kappa shape index (κ1) is 15.3. The number of anilines is 2. The summed E-state index contributed by atoms with van der Waals surface area (Å²) in [7, 11) is 0. The fraction of sp³-hybridized carbons (Fsp3) is 0.0435. The number of rotatable bonds is 4. The van der Waals surface area contributed by atoms with Crippen LogP contribution >= 0.6 is 0 Å². The smallest absolute Gasteiger partial charge is 0.0765 e. The van der Waals surface area contributed by atoms with Gasteiger partial charge in [-0.15, -0.1) is 0 Å². The second kappa shape index (κ2) is 6.70. The number of nitrogens with one attached hydrogen (secondary N) is 1. The van der Waals surface area contributed by atoms with Crippen molar-refractivity contribution in [1.29, 1.82) is 0 Å². The van der Waals surface area contributed by atoms with Crippen LogP contribution in [0.4, 0.5) is 11.4 Å². The average molecular weight is 324 g/mol. The summed E-state index contributed by atoms with van der Waals surface area (Å²) in [5, 5.41) is 3.55. The van der Waals surface area contributed by atoms with E-state index < -0.39 is 0 Å². The van der Waals surface area contributed by atoms with Crippen molar-refractivity contribution in [1.82, 2.24) is 4.57 Å². The van der Waals surface area contributed by atoms with Gasteiger partial charge in [0.1, 0.15) is 0 Å². The van der Waals surface area contributed by atoms with Crippen LogP contribution in [0.15, 0.2) is 97.2 Å². The Hall–Kier alpha value is -3.26. The lowest BCUT2D eigenvalue weighted by atomic mass is 10.1. The van der Waals surface area contributed by atoms with E-state index in [1.54, 1.807) is 0 Å². The van der Waals surface area contributed by atoms with E-state index in [-0.39, 0.29) is 0 Å². The van der Waals surface area contributed by atoms with Crippen LogP contribution in [-0.4, -0.2) is 4.57 Å². The van der Waals surface area contributed by atoms with Gasteiger partial charge in [0.2, 0.25) is 0 Å². The van der Waals surface area contributed by atoms with Gasteiger partial charge in [-0.05, 0) is 42.8 Å². The van der Waals surface area contributed by atoms with E-state index in [1.807, 2.05) is 24.3 Å². The van der Waals surface area contributed by atoms with Crippen LogP contribution in [0.3, 0.4) is 0 Å². The summed E-state index contributed by atoms with van der Waals surface area (Å²) in [6.45, 7) is 2.12. The van der Waals surface area contributed by atoms with Crippen molar-refractivity contribution in [3.8, 4) is 16.9 Å². The van der Waals surface area contributed by atoms with Crippen molar-refractivity contribution in [3.63, 3.8) is 0 Å². The summed E-state index contributed by atoms with van der Waals surface area (Å²) in [5.41, 5.74) is 6.95. The van der Waals surface area contributed by atoms with Gasteiger partial charge >= 0.3 is 0 Å². The minimum absolute atomic E-state index is 1.08. The van der Waals surface area contributed by atoms with Crippen molar-refractivity contribution in [2.24, 2.45) is 0 Å². The van der Waals surface area contributed by atoms with Gasteiger partial charge in [-0.3, -0.25) is 0 Å². The van der Waals surface area contributed by atoms with E-state index in [9.17, 15) is 0 Å². The van der Waals surface area contributed by atoms with Gasteiger partial charge in [0.15, 0.2) is 0 Å². The molecule has 0 saturated heterocycles. The molecule has 25 heavy (non-hydrogen) atoms. The first-order chi connectivity index (χ1) is 12.3. The quantitative estimate of drug-likeness (QED) is 0.473. The van der Waals surface area contributed by atoms with E-state index in [0.29, 0.717) is 0 Å². The third-order valence-corrected chi connectivity index (χ3v) is 4.27. The molecule has 0 aliphatic rings. The second-order valence-corrected chi connectivity index (χ2v) is 6.14. The van der Waals surface area contributed by atoms with Crippen LogP contribution in [-0.2, 0) is 0 Å². The third kappa shape index (κ3) is 3.20. The van der Waals surface area contributed by atoms with Gasteiger partial charge in [-0.25, -0.2) is 0 Å². The molecule has 0 radical (unpaired) electrons. The number of aryl methyl sites for hydroxylation is 1. The minimum atomic E-state index is 1.08. The first-order valence-electron chi connectivity index (χ1n) is 8.47. The molecule has 4 rings (SSSR count). The standard InChI is InChI=1S/C23H20N2/c1-18-9-8-14-21(17-18)25-16-15-22(24-20-12-6-3-7-13-20)23(25)19-10-4-2-5-11-19/h2-17,24H,1H3. The van der Waals surface area contributed by atoms with Crippen molar-refractivity contribution < 1.29 is 0 Å². The van der Waals surface area contributed by atoms with E-state index in [2.05, 4.69) is 89.7 Å². The number of benzene rings is 3. The highest BCUT2D eigenvalue weighted by atomic mass is 15.0. The Morgan fingerprint density at radius 1 is 0.720 bits per heavy atom. The molecule has 1 aromatic heterocycles. The summed E-state index contributed by atoms with van der Waals surface area (Å²) >= 11 is 0. The molecule has 0 amide bonds. The number of hydrogen-bond donors (Lipinski definition) is 1. The molecule has 0 spiro atoms. The number of hydrogen-bond acceptors (Lipinski definition) is 1. The summed E-state index contributed by atoms with van der Waals surface area (Å²) in [6.07, 6.45) is 2.13. The van der Waals surface area contributed by atoms with Gasteiger partial charge in [-0.1, -0.05) is 60.7 Å². The molecule has 0 aliphatic heterocycles. The molecule has 1 heterocycles. The largest absolute Gasteiger partial charge is 0.354 e. The SMILES string of the molecule is Cc1cccc(-n2ccc(Nc3ccccc3)c2-c2ccccc2)c1. The fourth-order valence-electron chi connectivity index (χ4n) is 3.09. The zero-order valence-electron chi connectivity index (χ0n) is 14.2. The molecule has 0 aliphatic carbocycles. The average Bonchev–Trinajstić information content (AvgIpc) is 3.07. The predicted molar refractivity (Wildman–Crippen MR) is 106 cm³/mol. The molecule has 2 heteroatoms. The Bertz CT molecular complexity index is 969. The molecular formula is C23H20N2. The van der Waals surface area contributed by atoms with E-state index in [4.69, 9.17) is 0 Å². The lowest BCUT2D eigenvalue weighted by molar-refractivity contribution is 1.08. The molecule has 0 atom stereocenters. The summed E-state index contributed by atoms with van der Waals surface area (Å²) in [5.74, 6) is 0. The predicted octanol–water partition coefficient (Wildman–Crippen LogP) is 6.20. The number of aromatic nitrogens is 1. The molecule has 122 valence electrons. The molecule has 3 aromatic carbocycles. The molecule has 2 nitrogen and oxygen atoms in total. The van der Waals surface area contributed by atoms with Gasteiger partial charge in [0.25, 0.3) is 0 Å². The monoisotopic (exact) mass is 324 g/mol. The Morgan fingerprint density at radius 2 is 1.44 bits per heavy atom. The summed E-state index contributed by atoms with van der Waals surface area (Å²) in [6, 6.07) is 31.5. The van der Waals surface area contributed by atoms with Crippen molar-refractivity contribution in [2.45, 2.75) is 6.92 Å². The van der Waals surface area contributed by atoms with Crippen LogP contribution in [0.1, 0.15) is 5.56 Å². The minimum Gasteiger partial charge on any atom is -0.354 e. The van der Waals surface area contributed by atoms with E-state index >= 15 is 0 Å². The van der Waals surface area contributed by atoms with Gasteiger partial charge < -0.3 is 9.88 Å². The first-order valence-corrected chi connectivity index (χ1v) is 8.47. The highest BCUT2D eigenvalue weighted by Gasteiger charge is 2.13. The van der Waals surface area contributed by atoms with Crippen LogP contribution in [0.2, 0.25) is 0 Å². The van der Waals surface area contributed by atoms with E-state index in [0.717, 1.165) is 17.1 Å². The lowest BCUT2D eigenvalue weighted by Gasteiger charge is -2.14. The topological polar surface area (TPSA) is 17.0 Å². The maximum Gasteiger partial charge on any atom is 0.0765 e. The molecule has 0 saturated carbocycles. The molecular weight excluding hydrogens is 304 g/mol. The summed E-state index contributed by atoms with van der Waals surface area (Å²) in [4.78, 5) is 0. The van der Waals surface area contributed by atoms with Crippen LogP contribution < -0.4 is 5.32 Å². The maximum atomic E-state index is 3.55. The van der Waals surface area contributed by atoms with Crippen LogP contribution in [0.5, 0.6) is 0 Å². The Balaban J connectivity index is 1.85. The highest BCUT2D eigenvalue weighted by molar-refractivity contribution is 5.80. The van der Waals surface area contributed by atoms with E-state index in [1.165, 1.54) is 16.8 Å². The third-order valence-electron chi connectivity index (χ3n) is 4.27. The lowest BCUT2D eigenvalue weighted by Crippen LogP contribution is -1.98. The van der Waals surface area contributed by atoms with Gasteiger partial charge in [0.05, 0.1) is 11.4 Å². The van der Waals surface area contributed by atoms with Crippen LogP contribution in [0.25, 0.3) is 16.9 Å².